The maximum absolute atomic E-state index is 4.81. The van der Waals surface area contributed by atoms with Gasteiger partial charge in [-0.25, -0.2) is 4.98 Å². The minimum absolute atomic E-state index is 0.0180. The second-order valence-corrected chi connectivity index (χ2v) is 7.60. The van der Waals surface area contributed by atoms with Gasteiger partial charge < -0.3 is 4.98 Å². The van der Waals surface area contributed by atoms with Gasteiger partial charge in [0.05, 0.1) is 5.69 Å². The van der Waals surface area contributed by atoms with E-state index in [-0.39, 0.29) is 16.2 Å². The molecule has 19 heavy (non-hydrogen) atoms. The molecule has 108 valence electrons. The zero-order valence-electron chi connectivity index (χ0n) is 14.1. The maximum Gasteiger partial charge on any atom is 0.113 e. The van der Waals surface area contributed by atoms with E-state index in [0.29, 0.717) is 0 Å². The first-order valence-corrected chi connectivity index (χ1v) is 7.15. The van der Waals surface area contributed by atoms with Crippen molar-refractivity contribution in [1.82, 2.24) is 9.97 Å². The highest BCUT2D eigenvalue weighted by Gasteiger charge is 2.48. The predicted molar refractivity (Wildman–Crippen MR) is 84.3 cm³/mol. The fraction of sp³-hybridized carbons (Fsp3) is 0.706. The zero-order chi connectivity index (χ0) is 15.1. The fourth-order valence-corrected chi connectivity index (χ4v) is 2.32. The van der Waals surface area contributed by atoms with Crippen molar-refractivity contribution < 1.29 is 0 Å². The van der Waals surface area contributed by atoms with E-state index >= 15 is 0 Å². The number of imidazole rings is 1. The normalized spacial score (nSPS) is 14.4. The second kappa shape index (κ2) is 4.81. The molecule has 0 fully saturated rings. The lowest BCUT2D eigenvalue weighted by atomic mass is 9.55. The molecule has 0 aromatic carbocycles. The molecule has 0 aliphatic rings. The van der Waals surface area contributed by atoms with Crippen molar-refractivity contribution in [1.29, 1.82) is 0 Å². The van der Waals surface area contributed by atoms with E-state index in [9.17, 15) is 0 Å². The summed E-state index contributed by atoms with van der Waals surface area (Å²) < 4.78 is 0. The molecule has 1 aromatic rings. The molecule has 2 heteroatoms. The van der Waals surface area contributed by atoms with E-state index in [2.05, 4.69) is 66.4 Å². The SMILES string of the molecule is C/C=C\c1nc(C(C)(C)C(C)(C)C(C)(C)C)[nH]c1C. The molecule has 0 aliphatic carbocycles. The number of H-pyrrole nitrogens is 1. The van der Waals surface area contributed by atoms with E-state index < -0.39 is 0 Å². The van der Waals surface area contributed by atoms with Gasteiger partial charge in [-0.15, -0.1) is 0 Å². The smallest absolute Gasteiger partial charge is 0.113 e. The van der Waals surface area contributed by atoms with E-state index in [1.165, 1.54) is 0 Å². The summed E-state index contributed by atoms with van der Waals surface area (Å²) in [5.41, 5.74) is 2.51. The highest BCUT2D eigenvalue weighted by Crippen LogP contribution is 2.51. The largest absolute Gasteiger partial charge is 0.345 e. The molecule has 2 nitrogen and oxygen atoms in total. The van der Waals surface area contributed by atoms with Crippen LogP contribution in [0.1, 0.15) is 72.6 Å². The van der Waals surface area contributed by atoms with Crippen molar-refractivity contribution in [3.05, 3.63) is 23.3 Å². The third kappa shape index (κ3) is 2.63. The number of nitrogens with one attached hydrogen (secondary N) is 1. The summed E-state index contributed by atoms with van der Waals surface area (Å²) >= 11 is 0. The molecule has 0 amide bonds. The highest BCUT2D eigenvalue weighted by atomic mass is 15.0. The minimum Gasteiger partial charge on any atom is -0.345 e. The van der Waals surface area contributed by atoms with Gasteiger partial charge in [0.2, 0.25) is 0 Å². The number of aryl methyl sites for hydroxylation is 1. The third-order valence-electron chi connectivity index (χ3n) is 5.28. The van der Waals surface area contributed by atoms with E-state index in [4.69, 9.17) is 4.98 Å². The van der Waals surface area contributed by atoms with E-state index in [1.54, 1.807) is 0 Å². The van der Waals surface area contributed by atoms with Crippen molar-refractivity contribution in [2.24, 2.45) is 10.8 Å². The molecule has 0 bridgehead atoms. The molecular formula is C17H30N2. The molecule has 0 spiro atoms. The lowest BCUT2D eigenvalue weighted by Gasteiger charge is -2.49. The van der Waals surface area contributed by atoms with Gasteiger partial charge in [-0.05, 0) is 30.8 Å². The van der Waals surface area contributed by atoms with Crippen LogP contribution in [0.3, 0.4) is 0 Å². The summed E-state index contributed by atoms with van der Waals surface area (Å²) in [5, 5.41) is 0. The van der Waals surface area contributed by atoms with Gasteiger partial charge in [-0.1, -0.05) is 54.5 Å². The van der Waals surface area contributed by atoms with Crippen LogP contribution in [0.5, 0.6) is 0 Å². The van der Waals surface area contributed by atoms with Crippen LogP contribution < -0.4 is 0 Å². The Labute approximate surface area is 118 Å². The van der Waals surface area contributed by atoms with Gasteiger partial charge in [0, 0.05) is 11.1 Å². The number of nitrogens with zero attached hydrogens (tertiary/aromatic N) is 1. The first-order chi connectivity index (χ1) is 8.45. The second-order valence-electron chi connectivity index (χ2n) is 7.60. The molecule has 1 N–H and O–H groups in total. The average molecular weight is 262 g/mol. The Hall–Kier alpha value is -1.05. The van der Waals surface area contributed by atoms with Crippen LogP contribution in [0.4, 0.5) is 0 Å². The summed E-state index contributed by atoms with van der Waals surface area (Å²) in [6, 6.07) is 0. The third-order valence-corrected chi connectivity index (χ3v) is 5.28. The Morgan fingerprint density at radius 3 is 1.95 bits per heavy atom. The van der Waals surface area contributed by atoms with E-state index in [0.717, 1.165) is 17.2 Å². The Morgan fingerprint density at radius 1 is 1.00 bits per heavy atom. The molecule has 1 heterocycles. The first-order valence-electron chi connectivity index (χ1n) is 7.15. The first kappa shape index (κ1) is 16.0. The van der Waals surface area contributed by atoms with E-state index in [1.807, 2.05) is 13.0 Å². The summed E-state index contributed by atoms with van der Waals surface area (Å²) in [4.78, 5) is 8.29. The lowest BCUT2D eigenvalue weighted by molar-refractivity contribution is 0.0410. The highest BCUT2D eigenvalue weighted by molar-refractivity contribution is 5.47. The summed E-state index contributed by atoms with van der Waals surface area (Å²) in [5.74, 6) is 1.08. The number of hydrogen-bond donors (Lipinski definition) is 1. The van der Waals surface area contributed by atoms with Gasteiger partial charge in [-0.3, -0.25) is 0 Å². The maximum atomic E-state index is 4.81. The molecular weight excluding hydrogens is 232 g/mol. The summed E-state index contributed by atoms with van der Waals surface area (Å²) in [6.07, 6.45) is 4.10. The van der Waals surface area contributed by atoms with Gasteiger partial charge >= 0.3 is 0 Å². The molecule has 0 unspecified atom stereocenters. The monoisotopic (exact) mass is 262 g/mol. The minimum atomic E-state index is -0.0180. The van der Waals surface area contributed by atoms with Gasteiger partial charge in [0.1, 0.15) is 5.82 Å². The Balaban J connectivity index is 3.31. The number of aromatic amines is 1. The van der Waals surface area contributed by atoms with Crippen LogP contribution in [0.25, 0.3) is 6.08 Å². The molecule has 1 rings (SSSR count). The number of allylic oxidation sites excluding steroid dienone is 1. The zero-order valence-corrected chi connectivity index (χ0v) is 14.1. The average Bonchev–Trinajstić information content (AvgIpc) is 2.59. The number of rotatable bonds is 3. The summed E-state index contributed by atoms with van der Waals surface area (Å²) in [6.45, 7) is 20.3. The predicted octanol–water partition coefficient (Wildman–Crippen LogP) is 5.10. The van der Waals surface area contributed by atoms with Crippen LogP contribution in [-0.2, 0) is 5.41 Å². The van der Waals surface area contributed by atoms with Crippen molar-refractivity contribution in [2.75, 3.05) is 0 Å². The topological polar surface area (TPSA) is 28.7 Å². The van der Waals surface area contributed by atoms with Crippen molar-refractivity contribution >= 4 is 6.08 Å². The van der Waals surface area contributed by atoms with Crippen LogP contribution >= 0.6 is 0 Å². The van der Waals surface area contributed by atoms with Crippen LogP contribution in [0, 0.1) is 17.8 Å². The van der Waals surface area contributed by atoms with Crippen LogP contribution in [0.2, 0.25) is 0 Å². The van der Waals surface area contributed by atoms with Crippen LogP contribution in [0.15, 0.2) is 6.08 Å². The van der Waals surface area contributed by atoms with Gasteiger partial charge in [0.15, 0.2) is 0 Å². The fourth-order valence-electron chi connectivity index (χ4n) is 2.32. The van der Waals surface area contributed by atoms with Gasteiger partial charge in [0.25, 0.3) is 0 Å². The molecule has 1 aromatic heterocycles. The summed E-state index contributed by atoms with van der Waals surface area (Å²) in [7, 11) is 0. The van der Waals surface area contributed by atoms with Crippen LogP contribution in [-0.4, -0.2) is 9.97 Å². The Morgan fingerprint density at radius 2 is 1.53 bits per heavy atom. The molecule has 0 saturated heterocycles. The Kier molecular flexibility index (Phi) is 4.05. The molecule has 0 radical (unpaired) electrons. The number of hydrogen-bond acceptors (Lipinski definition) is 1. The number of aromatic nitrogens is 2. The lowest BCUT2D eigenvalue weighted by Crippen LogP contribution is -2.46. The standard InChI is InChI=1S/C17H30N2/c1-10-11-13-12(2)18-14(19-13)16(6,7)17(8,9)15(3,4)5/h10-11H,1-9H3,(H,18,19)/b11-10-. The Bertz CT molecular complexity index is 468. The molecule has 0 aliphatic heterocycles. The van der Waals surface area contributed by atoms with Crippen molar-refractivity contribution in [3.8, 4) is 0 Å². The quantitative estimate of drug-likeness (QED) is 0.806. The molecule has 0 atom stereocenters. The van der Waals surface area contributed by atoms with Crippen molar-refractivity contribution in [3.63, 3.8) is 0 Å². The molecule has 0 saturated carbocycles. The van der Waals surface area contributed by atoms with Gasteiger partial charge in [-0.2, -0.15) is 0 Å². The van der Waals surface area contributed by atoms with Crippen molar-refractivity contribution in [2.45, 2.75) is 67.7 Å².